The molecule has 0 saturated heterocycles. The minimum atomic E-state index is -0.306. The van der Waals surface area contributed by atoms with Crippen molar-refractivity contribution in [2.75, 3.05) is 51.4 Å². The predicted molar refractivity (Wildman–Crippen MR) is 65.8 cm³/mol. The van der Waals surface area contributed by atoms with Crippen molar-refractivity contribution in [3.63, 3.8) is 0 Å². The molecule has 0 aromatic carbocycles. The molecule has 0 aliphatic heterocycles. The molecule has 15 heavy (non-hydrogen) atoms. The van der Waals surface area contributed by atoms with Gasteiger partial charge in [-0.25, -0.2) is 4.39 Å². The largest absolute Gasteiger partial charge is 0.329 e. The van der Waals surface area contributed by atoms with E-state index >= 15 is 0 Å². The summed E-state index contributed by atoms with van der Waals surface area (Å²) in [5.41, 5.74) is 14.9. The molecular weight excluding hydrogens is 270 g/mol. The first-order valence-electron chi connectivity index (χ1n) is 4.73. The van der Waals surface area contributed by atoms with Crippen molar-refractivity contribution in [1.82, 2.24) is 5.32 Å². The van der Waals surface area contributed by atoms with Gasteiger partial charge in [0.05, 0.1) is 6.67 Å². The van der Waals surface area contributed by atoms with Gasteiger partial charge in [0.1, 0.15) is 6.67 Å². The average molecular weight is 293 g/mol. The lowest BCUT2D eigenvalue weighted by molar-refractivity contribution is 0.469. The molecule has 0 radical (unpaired) electrons. The standard InChI is InChI=1S/C4H11FN2.C2H4BrF.C2H8N2/c5-1-3-7-4-2-6;2*3-1-2-4/h7H,1-4,6H2;1-2H2;1-4H2. The first-order valence-corrected chi connectivity index (χ1v) is 5.86. The monoisotopic (exact) mass is 292 g/mol. The number of halogens is 3. The summed E-state index contributed by atoms with van der Waals surface area (Å²) in [7, 11) is 0. The van der Waals surface area contributed by atoms with Crippen LogP contribution in [-0.4, -0.2) is 51.4 Å². The zero-order valence-corrected chi connectivity index (χ0v) is 10.6. The van der Waals surface area contributed by atoms with Gasteiger partial charge in [0.2, 0.25) is 0 Å². The van der Waals surface area contributed by atoms with Crippen LogP contribution in [0.5, 0.6) is 0 Å². The third kappa shape index (κ3) is 55.1. The molecule has 0 aromatic rings. The molecule has 0 amide bonds. The molecule has 0 aliphatic carbocycles. The van der Waals surface area contributed by atoms with Crippen LogP contribution < -0.4 is 22.5 Å². The Labute approximate surface area is 99.1 Å². The predicted octanol–water partition coefficient (Wildman–Crippen LogP) is -0.241. The highest BCUT2D eigenvalue weighted by molar-refractivity contribution is 9.09. The van der Waals surface area contributed by atoms with Crippen LogP contribution in [0.25, 0.3) is 0 Å². The van der Waals surface area contributed by atoms with Gasteiger partial charge in [-0.05, 0) is 0 Å². The Bertz CT molecular complexity index is 69.7. The SMILES string of the molecule is FCCBr.NCCN.NCCNCCF. The number of hydrogen-bond acceptors (Lipinski definition) is 4. The molecule has 0 atom stereocenters. The summed E-state index contributed by atoms with van der Waals surface area (Å²) in [6.07, 6.45) is 0. The Morgan fingerprint density at radius 1 is 0.867 bits per heavy atom. The van der Waals surface area contributed by atoms with Gasteiger partial charge in [-0.3, -0.25) is 4.39 Å². The molecule has 0 fully saturated rings. The van der Waals surface area contributed by atoms with E-state index in [-0.39, 0.29) is 13.3 Å². The van der Waals surface area contributed by atoms with Crippen molar-refractivity contribution in [2.45, 2.75) is 0 Å². The number of nitrogens with one attached hydrogen (secondary N) is 1. The lowest BCUT2D eigenvalue weighted by Gasteiger charge is -1.94. The highest BCUT2D eigenvalue weighted by Crippen LogP contribution is 1.75. The molecule has 7 N–H and O–H groups in total. The van der Waals surface area contributed by atoms with Gasteiger partial charge in [-0.1, -0.05) is 15.9 Å². The number of alkyl halides is 3. The minimum absolute atomic E-state index is 0.264. The summed E-state index contributed by atoms with van der Waals surface area (Å²) in [4.78, 5) is 0. The molecule has 0 bridgehead atoms. The van der Waals surface area contributed by atoms with E-state index in [4.69, 9.17) is 17.2 Å². The van der Waals surface area contributed by atoms with Crippen LogP contribution in [0.3, 0.4) is 0 Å². The summed E-state index contributed by atoms with van der Waals surface area (Å²) >= 11 is 2.87. The van der Waals surface area contributed by atoms with Crippen molar-refractivity contribution < 1.29 is 8.78 Å². The van der Waals surface area contributed by atoms with Crippen LogP contribution in [0.15, 0.2) is 0 Å². The Kier molecular flexibility index (Phi) is 40.1. The lowest BCUT2D eigenvalue weighted by Crippen LogP contribution is -2.24. The van der Waals surface area contributed by atoms with Gasteiger partial charge in [-0.15, -0.1) is 0 Å². The fourth-order valence-corrected chi connectivity index (χ4v) is 0.294. The van der Waals surface area contributed by atoms with Gasteiger partial charge in [-0.2, -0.15) is 0 Å². The van der Waals surface area contributed by atoms with Crippen LogP contribution in [0.2, 0.25) is 0 Å². The van der Waals surface area contributed by atoms with E-state index in [0.29, 0.717) is 38.1 Å². The summed E-state index contributed by atoms with van der Waals surface area (Å²) < 4.78 is 21.9. The fraction of sp³-hybridized carbons (Fsp3) is 1.00. The smallest absolute Gasteiger partial charge is 0.102 e. The summed E-state index contributed by atoms with van der Waals surface area (Å²) in [6.45, 7) is 2.35. The minimum Gasteiger partial charge on any atom is -0.329 e. The molecule has 0 aromatic heterocycles. The van der Waals surface area contributed by atoms with E-state index in [2.05, 4.69) is 21.2 Å². The maximum Gasteiger partial charge on any atom is 0.102 e. The number of hydrogen-bond donors (Lipinski definition) is 4. The Morgan fingerprint density at radius 3 is 1.53 bits per heavy atom. The maximum absolute atomic E-state index is 11.2. The summed E-state index contributed by atoms with van der Waals surface area (Å²) in [6, 6.07) is 0. The second-order valence-corrected chi connectivity index (χ2v) is 2.98. The van der Waals surface area contributed by atoms with E-state index in [0.717, 1.165) is 0 Å². The van der Waals surface area contributed by atoms with Gasteiger partial charge >= 0.3 is 0 Å². The highest BCUT2D eigenvalue weighted by Gasteiger charge is 1.78. The molecule has 4 nitrogen and oxygen atoms in total. The lowest BCUT2D eigenvalue weighted by atomic mass is 10.6. The number of rotatable bonds is 6. The van der Waals surface area contributed by atoms with Gasteiger partial charge in [0.25, 0.3) is 0 Å². The van der Waals surface area contributed by atoms with E-state index < -0.39 is 0 Å². The molecule has 96 valence electrons. The molecule has 0 aliphatic rings. The highest BCUT2D eigenvalue weighted by atomic mass is 79.9. The first kappa shape index (κ1) is 20.6. The van der Waals surface area contributed by atoms with Crippen LogP contribution in [0.4, 0.5) is 8.78 Å². The van der Waals surface area contributed by atoms with Crippen LogP contribution in [0.1, 0.15) is 0 Å². The van der Waals surface area contributed by atoms with E-state index in [1.165, 1.54) is 0 Å². The third-order valence-corrected chi connectivity index (χ3v) is 1.13. The van der Waals surface area contributed by atoms with Crippen molar-refractivity contribution >= 4 is 15.9 Å². The van der Waals surface area contributed by atoms with Crippen molar-refractivity contribution in [2.24, 2.45) is 17.2 Å². The molecule has 0 saturated carbocycles. The zero-order chi connectivity index (χ0) is 12.4. The van der Waals surface area contributed by atoms with Gasteiger partial charge in [0.15, 0.2) is 0 Å². The number of nitrogens with two attached hydrogens (primary N) is 3. The quantitative estimate of drug-likeness (QED) is 0.402. The second-order valence-electron chi connectivity index (χ2n) is 2.18. The van der Waals surface area contributed by atoms with E-state index in [9.17, 15) is 8.78 Å². The molecule has 0 spiro atoms. The fourth-order valence-electron chi connectivity index (χ4n) is 0.294. The molecular formula is C8H23BrF2N4. The maximum atomic E-state index is 11.2. The summed E-state index contributed by atoms with van der Waals surface area (Å²) in [5, 5.41) is 3.25. The summed E-state index contributed by atoms with van der Waals surface area (Å²) in [5.74, 6) is 0. The second kappa shape index (κ2) is 29.2. The van der Waals surface area contributed by atoms with Crippen molar-refractivity contribution in [3.8, 4) is 0 Å². The first-order chi connectivity index (χ1) is 7.24. The topological polar surface area (TPSA) is 90.1 Å². The molecule has 7 heteroatoms. The Morgan fingerprint density at radius 2 is 1.33 bits per heavy atom. The van der Waals surface area contributed by atoms with Crippen LogP contribution in [-0.2, 0) is 0 Å². The van der Waals surface area contributed by atoms with E-state index in [1.54, 1.807) is 0 Å². The van der Waals surface area contributed by atoms with E-state index in [1.807, 2.05) is 0 Å². The Balaban J connectivity index is -0.000000155. The molecule has 0 unspecified atom stereocenters. The normalized spacial score (nSPS) is 8.40. The molecule has 0 heterocycles. The van der Waals surface area contributed by atoms with Crippen molar-refractivity contribution in [3.05, 3.63) is 0 Å². The Hall–Kier alpha value is 0.180. The zero-order valence-electron chi connectivity index (χ0n) is 9.02. The third-order valence-electron chi connectivity index (χ3n) is 0.830. The van der Waals surface area contributed by atoms with Gasteiger partial charge < -0.3 is 22.5 Å². The van der Waals surface area contributed by atoms with Gasteiger partial charge in [0, 0.05) is 38.1 Å². The molecule has 0 rings (SSSR count). The van der Waals surface area contributed by atoms with Crippen LogP contribution >= 0.6 is 15.9 Å². The van der Waals surface area contributed by atoms with Crippen LogP contribution in [0, 0.1) is 0 Å². The van der Waals surface area contributed by atoms with Crippen molar-refractivity contribution in [1.29, 1.82) is 0 Å². The average Bonchev–Trinajstić information content (AvgIpc) is 2.30.